The number of aliphatic hydroxyl groups is 1. The van der Waals surface area contributed by atoms with Gasteiger partial charge in [-0.15, -0.1) is 0 Å². The monoisotopic (exact) mass is 409 g/mol. The van der Waals surface area contributed by atoms with Crippen LogP contribution in [0.3, 0.4) is 0 Å². The summed E-state index contributed by atoms with van der Waals surface area (Å²) in [5.41, 5.74) is 3.39. The second kappa shape index (κ2) is 9.73. The molecule has 0 bridgehead atoms. The Balaban J connectivity index is 1.41. The van der Waals surface area contributed by atoms with E-state index in [2.05, 4.69) is 41.3 Å². The minimum absolute atomic E-state index is 0.0375. The molecule has 0 amide bonds. The lowest BCUT2D eigenvalue weighted by atomic mass is 9.94. The van der Waals surface area contributed by atoms with Crippen molar-refractivity contribution in [3.8, 4) is 11.1 Å². The first kappa shape index (κ1) is 21.0. The molecule has 160 valence electrons. The molecule has 2 aliphatic rings. The van der Waals surface area contributed by atoms with E-state index in [1.165, 1.54) is 12.0 Å². The summed E-state index contributed by atoms with van der Waals surface area (Å²) in [7, 11) is 0. The first-order chi connectivity index (χ1) is 14.6. The molecular weight excluding hydrogens is 378 g/mol. The molecule has 2 aromatic carbocycles. The van der Waals surface area contributed by atoms with Crippen LogP contribution in [0, 0.1) is 5.92 Å². The quantitative estimate of drug-likeness (QED) is 0.725. The van der Waals surface area contributed by atoms with Gasteiger partial charge in [0.2, 0.25) is 0 Å². The molecule has 4 unspecified atom stereocenters. The van der Waals surface area contributed by atoms with E-state index in [4.69, 9.17) is 4.74 Å². The number of carbonyl (C=O) groups is 1. The van der Waals surface area contributed by atoms with E-state index < -0.39 is 12.1 Å². The van der Waals surface area contributed by atoms with Gasteiger partial charge in [0, 0.05) is 18.4 Å². The molecule has 1 aliphatic carbocycles. The highest BCUT2D eigenvalue weighted by molar-refractivity contribution is 5.67. The first-order valence-corrected chi connectivity index (χ1v) is 11.0. The van der Waals surface area contributed by atoms with Crippen LogP contribution >= 0.6 is 0 Å². The first-order valence-electron chi connectivity index (χ1n) is 11.0. The number of piperidine rings is 1. The Bertz CT molecular complexity index is 817. The van der Waals surface area contributed by atoms with Crippen LogP contribution in [0.4, 0.5) is 0 Å². The van der Waals surface area contributed by atoms with Gasteiger partial charge in [-0.1, -0.05) is 61.0 Å². The smallest absolute Gasteiger partial charge is 0.303 e. The summed E-state index contributed by atoms with van der Waals surface area (Å²) in [6.07, 6.45) is 3.21. The zero-order valence-corrected chi connectivity index (χ0v) is 17.3. The number of carboxylic acids is 1. The van der Waals surface area contributed by atoms with Crippen molar-refractivity contribution in [3.63, 3.8) is 0 Å². The molecule has 5 nitrogen and oxygen atoms in total. The largest absolute Gasteiger partial charge is 0.481 e. The number of aliphatic hydroxyl groups excluding tert-OH is 1. The number of hydrogen-bond donors (Lipinski definition) is 2. The number of nitrogens with zero attached hydrogens (tertiary/aromatic N) is 1. The molecule has 4 rings (SSSR count). The zero-order valence-electron chi connectivity index (χ0n) is 17.3. The summed E-state index contributed by atoms with van der Waals surface area (Å²) in [6, 6.07) is 18.4. The fourth-order valence-electron chi connectivity index (χ4n) is 5.06. The topological polar surface area (TPSA) is 70.0 Å². The Kier molecular flexibility index (Phi) is 6.82. The van der Waals surface area contributed by atoms with Crippen molar-refractivity contribution in [3.05, 3.63) is 60.2 Å². The molecule has 1 heterocycles. The molecule has 0 radical (unpaired) electrons. The second-order valence-corrected chi connectivity index (χ2v) is 8.56. The van der Waals surface area contributed by atoms with Crippen LogP contribution in [0.2, 0.25) is 0 Å². The minimum atomic E-state index is -0.822. The number of rotatable bonds is 7. The van der Waals surface area contributed by atoms with Gasteiger partial charge in [0.15, 0.2) is 0 Å². The Morgan fingerprint density at radius 1 is 0.967 bits per heavy atom. The molecule has 0 spiro atoms. The van der Waals surface area contributed by atoms with Gasteiger partial charge in [-0.05, 0) is 42.6 Å². The number of benzene rings is 2. The average molecular weight is 410 g/mol. The third kappa shape index (κ3) is 4.91. The number of hydrogen-bond acceptors (Lipinski definition) is 4. The van der Waals surface area contributed by atoms with Crippen molar-refractivity contribution in [2.24, 2.45) is 5.92 Å². The number of carboxylic acid groups (broad SMARTS) is 1. The van der Waals surface area contributed by atoms with Crippen molar-refractivity contribution in [2.45, 2.75) is 57.0 Å². The maximum Gasteiger partial charge on any atom is 0.303 e. The van der Waals surface area contributed by atoms with E-state index in [1.807, 2.05) is 18.2 Å². The summed E-state index contributed by atoms with van der Waals surface area (Å²) >= 11 is 0. The zero-order chi connectivity index (χ0) is 20.9. The standard InChI is InChI=1S/C25H31NO4/c27-22-16-23(21(15-24(28)29)25(22)26-13-5-2-6-14-26)30-17-18-9-11-20(12-10-18)19-7-3-1-4-8-19/h1,3-4,7-12,21-23,25,27H,2,5-6,13-17H2,(H,28,29). The molecule has 4 atom stereocenters. The fourth-order valence-corrected chi connectivity index (χ4v) is 5.06. The van der Waals surface area contributed by atoms with Gasteiger partial charge in [0.25, 0.3) is 0 Å². The van der Waals surface area contributed by atoms with Gasteiger partial charge in [0.1, 0.15) is 0 Å². The summed E-state index contributed by atoms with van der Waals surface area (Å²) < 4.78 is 6.19. The van der Waals surface area contributed by atoms with Crippen LogP contribution in [-0.4, -0.2) is 52.4 Å². The number of ether oxygens (including phenoxy) is 1. The highest BCUT2D eigenvalue weighted by Gasteiger charge is 2.47. The maximum atomic E-state index is 11.5. The van der Waals surface area contributed by atoms with Crippen LogP contribution in [0.25, 0.3) is 11.1 Å². The molecule has 1 aliphatic heterocycles. The second-order valence-electron chi connectivity index (χ2n) is 8.56. The van der Waals surface area contributed by atoms with Gasteiger partial charge in [-0.25, -0.2) is 0 Å². The van der Waals surface area contributed by atoms with Crippen molar-refractivity contribution in [1.29, 1.82) is 0 Å². The summed E-state index contributed by atoms with van der Waals surface area (Å²) in [5, 5.41) is 20.2. The molecule has 1 saturated heterocycles. The number of aliphatic carboxylic acids is 1. The van der Waals surface area contributed by atoms with Crippen LogP contribution in [0.1, 0.15) is 37.7 Å². The average Bonchev–Trinajstić information content (AvgIpc) is 3.08. The van der Waals surface area contributed by atoms with Crippen molar-refractivity contribution in [2.75, 3.05) is 13.1 Å². The molecule has 2 N–H and O–H groups in total. The molecule has 2 aromatic rings. The van der Waals surface area contributed by atoms with E-state index in [0.29, 0.717) is 13.0 Å². The van der Waals surface area contributed by atoms with Crippen LogP contribution in [0.15, 0.2) is 54.6 Å². The highest BCUT2D eigenvalue weighted by Crippen LogP contribution is 2.37. The van der Waals surface area contributed by atoms with Gasteiger partial charge in [-0.3, -0.25) is 9.69 Å². The molecule has 0 aromatic heterocycles. The SMILES string of the molecule is O=C(O)CC1C(OCc2ccc(-c3ccccc3)cc2)CC(O)C1N1CCCCC1. The van der Waals surface area contributed by atoms with Gasteiger partial charge < -0.3 is 14.9 Å². The Morgan fingerprint density at radius 3 is 2.30 bits per heavy atom. The lowest BCUT2D eigenvalue weighted by Crippen LogP contribution is -2.48. The van der Waals surface area contributed by atoms with Crippen LogP contribution in [0.5, 0.6) is 0 Å². The van der Waals surface area contributed by atoms with Crippen LogP contribution < -0.4 is 0 Å². The molecule has 30 heavy (non-hydrogen) atoms. The van der Waals surface area contributed by atoms with E-state index in [-0.39, 0.29) is 24.5 Å². The normalized spacial score (nSPS) is 27.2. The summed E-state index contributed by atoms with van der Waals surface area (Å²) in [5.74, 6) is -1.00. The van der Waals surface area contributed by atoms with Crippen molar-refractivity contribution < 1.29 is 19.7 Å². The fraction of sp³-hybridized carbons (Fsp3) is 0.480. The number of likely N-dealkylation sites (tertiary alicyclic amines) is 1. The predicted molar refractivity (Wildman–Crippen MR) is 116 cm³/mol. The van der Waals surface area contributed by atoms with Gasteiger partial charge in [-0.2, -0.15) is 0 Å². The Morgan fingerprint density at radius 2 is 1.63 bits per heavy atom. The lowest BCUT2D eigenvalue weighted by Gasteiger charge is -2.37. The lowest BCUT2D eigenvalue weighted by molar-refractivity contribution is -0.140. The third-order valence-electron chi connectivity index (χ3n) is 6.53. The van der Waals surface area contributed by atoms with Gasteiger partial charge in [0.05, 0.1) is 25.2 Å². The van der Waals surface area contributed by atoms with E-state index >= 15 is 0 Å². The van der Waals surface area contributed by atoms with E-state index in [0.717, 1.165) is 37.1 Å². The van der Waals surface area contributed by atoms with E-state index in [9.17, 15) is 15.0 Å². The van der Waals surface area contributed by atoms with Crippen molar-refractivity contribution in [1.82, 2.24) is 4.90 Å². The molecular formula is C25H31NO4. The Hall–Kier alpha value is -2.21. The van der Waals surface area contributed by atoms with E-state index in [1.54, 1.807) is 0 Å². The van der Waals surface area contributed by atoms with Crippen LogP contribution in [-0.2, 0) is 16.1 Å². The maximum absolute atomic E-state index is 11.5. The third-order valence-corrected chi connectivity index (χ3v) is 6.53. The highest BCUT2D eigenvalue weighted by atomic mass is 16.5. The molecule has 5 heteroatoms. The van der Waals surface area contributed by atoms with Gasteiger partial charge >= 0.3 is 5.97 Å². The van der Waals surface area contributed by atoms with Crippen molar-refractivity contribution >= 4 is 5.97 Å². The predicted octanol–water partition coefficient (Wildman–Crippen LogP) is 3.95. The Labute approximate surface area is 178 Å². The summed E-state index contributed by atoms with van der Waals surface area (Å²) in [6.45, 7) is 2.30. The molecule has 2 fully saturated rings. The summed E-state index contributed by atoms with van der Waals surface area (Å²) in [4.78, 5) is 13.8. The molecule has 1 saturated carbocycles. The minimum Gasteiger partial charge on any atom is -0.481 e.